The first-order valence-electron chi connectivity index (χ1n) is 7.32. The van der Waals surface area contributed by atoms with E-state index in [1.807, 2.05) is 0 Å². The van der Waals surface area contributed by atoms with Crippen LogP contribution in [-0.2, 0) is 14.3 Å². The third-order valence-corrected chi connectivity index (χ3v) is 3.75. The van der Waals surface area contributed by atoms with Crippen LogP contribution in [0.4, 0.5) is 14.5 Å². The number of nitrogens with one attached hydrogen (secondary N) is 1. The van der Waals surface area contributed by atoms with E-state index in [9.17, 15) is 18.4 Å². The molecule has 0 atom stereocenters. The molecule has 0 aliphatic carbocycles. The maximum absolute atomic E-state index is 13.6. The lowest BCUT2D eigenvalue weighted by molar-refractivity contribution is -0.142. The van der Waals surface area contributed by atoms with Crippen molar-refractivity contribution in [3.8, 4) is 5.75 Å². The van der Waals surface area contributed by atoms with Crippen molar-refractivity contribution in [3.63, 3.8) is 0 Å². The van der Waals surface area contributed by atoms with Crippen molar-refractivity contribution in [2.24, 2.45) is 0 Å². The fourth-order valence-corrected chi connectivity index (χ4v) is 2.44. The van der Waals surface area contributed by atoms with E-state index in [4.69, 9.17) is 9.47 Å². The number of benzene rings is 2. The van der Waals surface area contributed by atoms with Crippen LogP contribution < -0.4 is 10.1 Å². The predicted octanol–water partition coefficient (Wildman–Crippen LogP) is 3.93. The van der Waals surface area contributed by atoms with Gasteiger partial charge in [0.05, 0.1) is 12.8 Å². The van der Waals surface area contributed by atoms with Crippen molar-refractivity contribution in [1.82, 2.24) is 0 Å². The van der Waals surface area contributed by atoms with E-state index in [1.54, 1.807) is 24.3 Å². The Kier molecular flexibility index (Phi) is 6.85. The first-order valence-corrected chi connectivity index (χ1v) is 8.11. The zero-order chi connectivity index (χ0) is 19.1. The van der Waals surface area contributed by atoms with E-state index in [1.165, 1.54) is 13.2 Å². The minimum absolute atomic E-state index is 0.0348. The number of carbonyl (C=O) groups excluding carboxylic acids is 2. The number of anilines is 1. The number of halogens is 3. The van der Waals surface area contributed by atoms with Crippen molar-refractivity contribution in [1.29, 1.82) is 0 Å². The quantitative estimate of drug-likeness (QED) is 0.562. The molecule has 1 amide bonds. The molecule has 2 aromatic carbocycles. The van der Waals surface area contributed by atoms with Crippen molar-refractivity contribution >= 4 is 39.6 Å². The zero-order valence-electron chi connectivity index (χ0n) is 13.6. The Balaban J connectivity index is 1.89. The summed E-state index contributed by atoms with van der Waals surface area (Å²) in [7, 11) is 1.53. The van der Waals surface area contributed by atoms with Crippen LogP contribution in [0.15, 0.2) is 46.9 Å². The maximum atomic E-state index is 13.6. The minimum atomic E-state index is -0.950. The lowest BCUT2D eigenvalue weighted by atomic mass is 10.2. The SMILES string of the molecule is COc1cccc(/C=C/C(=O)OCC(=O)Nc2c(F)cc(F)cc2Br)c1. The highest BCUT2D eigenvalue weighted by Gasteiger charge is 2.13. The van der Waals surface area contributed by atoms with Gasteiger partial charge in [0.15, 0.2) is 12.4 Å². The number of hydrogen-bond acceptors (Lipinski definition) is 4. The average Bonchev–Trinajstić information content (AvgIpc) is 2.61. The van der Waals surface area contributed by atoms with Crippen molar-refractivity contribution in [2.45, 2.75) is 0 Å². The van der Waals surface area contributed by atoms with Crippen LogP contribution in [0.5, 0.6) is 5.75 Å². The Hall–Kier alpha value is -2.74. The summed E-state index contributed by atoms with van der Waals surface area (Å²) in [5.41, 5.74) is 0.474. The number of esters is 1. The van der Waals surface area contributed by atoms with E-state index in [2.05, 4.69) is 21.2 Å². The molecule has 2 rings (SSSR count). The summed E-state index contributed by atoms with van der Waals surface area (Å²) in [5, 5.41) is 2.20. The van der Waals surface area contributed by atoms with Gasteiger partial charge in [-0.25, -0.2) is 13.6 Å². The highest BCUT2D eigenvalue weighted by Crippen LogP contribution is 2.26. The molecule has 5 nitrogen and oxygen atoms in total. The molecule has 0 unspecified atom stereocenters. The molecule has 8 heteroatoms. The number of methoxy groups -OCH3 is 1. The first-order chi connectivity index (χ1) is 12.4. The molecule has 0 bridgehead atoms. The van der Waals surface area contributed by atoms with Crippen LogP contribution in [0, 0.1) is 11.6 Å². The minimum Gasteiger partial charge on any atom is -0.497 e. The maximum Gasteiger partial charge on any atom is 0.331 e. The molecule has 0 spiro atoms. The lowest BCUT2D eigenvalue weighted by Gasteiger charge is -2.08. The van der Waals surface area contributed by atoms with Crippen LogP contribution in [0.1, 0.15) is 5.56 Å². The molecule has 0 aliphatic rings. The molecule has 0 fully saturated rings. The largest absolute Gasteiger partial charge is 0.497 e. The van der Waals surface area contributed by atoms with E-state index in [0.717, 1.165) is 12.1 Å². The molecule has 0 radical (unpaired) electrons. The molecule has 0 heterocycles. The Morgan fingerprint density at radius 1 is 1.23 bits per heavy atom. The molecule has 136 valence electrons. The summed E-state index contributed by atoms with van der Waals surface area (Å²) in [4.78, 5) is 23.4. The van der Waals surface area contributed by atoms with Crippen molar-refractivity contribution in [2.75, 3.05) is 19.0 Å². The standard InChI is InChI=1S/C18H14BrF2NO4/c1-25-13-4-2-3-11(7-13)5-6-17(24)26-10-16(23)22-18-14(19)8-12(20)9-15(18)21/h2-9H,10H2,1H3,(H,22,23)/b6-5+. The zero-order valence-corrected chi connectivity index (χ0v) is 15.2. The number of ether oxygens (including phenoxy) is 2. The van der Waals surface area contributed by atoms with Crippen LogP contribution >= 0.6 is 15.9 Å². The van der Waals surface area contributed by atoms with Crippen molar-refractivity contribution < 1.29 is 27.8 Å². The molecule has 0 aromatic heterocycles. The summed E-state index contributed by atoms with van der Waals surface area (Å²) < 4.78 is 36.5. The highest BCUT2D eigenvalue weighted by atomic mass is 79.9. The highest BCUT2D eigenvalue weighted by molar-refractivity contribution is 9.10. The molecule has 2 aromatic rings. The lowest BCUT2D eigenvalue weighted by Crippen LogP contribution is -2.21. The fraction of sp³-hybridized carbons (Fsp3) is 0.111. The molecule has 0 saturated heterocycles. The Morgan fingerprint density at radius 2 is 2.00 bits per heavy atom. The summed E-state index contributed by atoms with van der Waals surface area (Å²) in [6.07, 6.45) is 2.65. The van der Waals surface area contributed by atoms with E-state index >= 15 is 0 Å². The normalized spacial score (nSPS) is 10.6. The molecule has 0 aliphatic heterocycles. The van der Waals surface area contributed by atoms with Gasteiger partial charge in [0.2, 0.25) is 0 Å². The molecule has 26 heavy (non-hydrogen) atoms. The van der Waals surface area contributed by atoms with Gasteiger partial charge in [0.25, 0.3) is 5.91 Å². The molecule has 0 saturated carbocycles. The third kappa shape index (κ3) is 5.66. The van der Waals surface area contributed by atoms with Crippen LogP contribution in [-0.4, -0.2) is 25.6 Å². The molecule has 1 N–H and O–H groups in total. The number of rotatable bonds is 6. The van der Waals surface area contributed by atoms with Gasteiger partial charge in [-0.2, -0.15) is 0 Å². The number of carbonyl (C=O) groups is 2. The second-order valence-corrected chi connectivity index (χ2v) is 5.86. The number of hydrogen-bond donors (Lipinski definition) is 1. The van der Waals surface area contributed by atoms with Gasteiger partial charge in [-0.05, 0) is 45.8 Å². The fourth-order valence-electron chi connectivity index (χ4n) is 1.93. The summed E-state index contributed by atoms with van der Waals surface area (Å²) in [5.74, 6) is -2.62. The van der Waals surface area contributed by atoms with Gasteiger partial charge >= 0.3 is 5.97 Å². The second-order valence-electron chi connectivity index (χ2n) is 5.01. The number of amides is 1. The Labute approximate surface area is 156 Å². The van der Waals surface area contributed by atoms with E-state index in [0.29, 0.717) is 17.4 Å². The third-order valence-electron chi connectivity index (χ3n) is 3.12. The van der Waals surface area contributed by atoms with Gasteiger partial charge < -0.3 is 14.8 Å². The Morgan fingerprint density at radius 3 is 2.69 bits per heavy atom. The summed E-state index contributed by atoms with van der Waals surface area (Å²) >= 11 is 2.95. The van der Waals surface area contributed by atoms with Crippen LogP contribution in [0.25, 0.3) is 6.08 Å². The van der Waals surface area contributed by atoms with E-state index in [-0.39, 0.29) is 10.2 Å². The van der Waals surface area contributed by atoms with Gasteiger partial charge in [0.1, 0.15) is 11.6 Å². The first kappa shape index (κ1) is 19.6. The van der Waals surface area contributed by atoms with Crippen LogP contribution in [0.2, 0.25) is 0 Å². The summed E-state index contributed by atoms with van der Waals surface area (Å²) in [6, 6.07) is 8.61. The van der Waals surface area contributed by atoms with Crippen molar-refractivity contribution in [3.05, 3.63) is 64.1 Å². The van der Waals surface area contributed by atoms with Gasteiger partial charge in [0, 0.05) is 16.6 Å². The monoisotopic (exact) mass is 425 g/mol. The second kappa shape index (κ2) is 9.10. The van der Waals surface area contributed by atoms with Gasteiger partial charge in [-0.15, -0.1) is 0 Å². The molecular formula is C18H14BrF2NO4. The smallest absolute Gasteiger partial charge is 0.331 e. The van der Waals surface area contributed by atoms with Gasteiger partial charge in [-0.1, -0.05) is 12.1 Å². The average molecular weight is 426 g/mol. The van der Waals surface area contributed by atoms with Gasteiger partial charge in [-0.3, -0.25) is 4.79 Å². The predicted molar refractivity (Wildman–Crippen MR) is 95.7 cm³/mol. The topological polar surface area (TPSA) is 64.6 Å². The van der Waals surface area contributed by atoms with Crippen LogP contribution in [0.3, 0.4) is 0 Å². The van der Waals surface area contributed by atoms with E-state index < -0.39 is 30.1 Å². The Bertz CT molecular complexity index is 832. The molecular weight excluding hydrogens is 412 g/mol. The summed E-state index contributed by atoms with van der Waals surface area (Å²) in [6.45, 7) is -0.620.